The van der Waals surface area contributed by atoms with Gasteiger partial charge in [0.2, 0.25) is 20.0 Å². The number of rotatable bonds is 10. The summed E-state index contributed by atoms with van der Waals surface area (Å²) in [4.78, 5) is 17.7. The van der Waals surface area contributed by atoms with Crippen LogP contribution in [0.3, 0.4) is 0 Å². The molecule has 0 aliphatic carbocycles. The predicted molar refractivity (Wildman–Crippen MR) is 226 cm³/mol. The molecular weight excluding hydrogens is 903 g/mol. The largest absolute Gasteiger partial charge is 0.416 e. The molecule has 2 fully saturated rings. The van der Waals surface area contributed by atoms with Crippen molar-refractivity contribution >= 4 is 26.0 Å². The third-order valence-corrected chi connectivity index (χ3v) is 16.7. The van der Waals surface area contributed by atoms with Crippen LogP contribution in [0.15, 0.2) is 48.5 Å². The lowest BCUT2D eigenvalue weighted by Gasteiger charge is -2.40. The molecule has 2 aromatic heterocycles. The van der Waals surface area contributed by atoms with Gasteiger partial charge >= 0.3 is 12.4 Å². The van der Waals surface area contributed by atoms with E-state index in [1.807, 2.05) is 0 Å². The number of aryl methyl sites for hydroxylation is 2. The second kappa shape index (κ2) is 17.7. The van der Waals surface area contributed by atoms with Crippen LogP contribution in [0, 0.1) is 0 Å². The zero-order valence-electron chi connectivity index (χ0n) is 36.2. The molecule has 2 saturated heterocycles. The van der Waals surface area contributed by atoms with Gasteiger partial charge in [-0.05, 0) is 80.5 Å². The van der Waals surface area contributed by atoms with Crippen molar-refractivity contribution in [2.24, 2.45) is 7.05 Å². The number of nitrogens with zero attached hydrogens (tertiary/aromatic N) is 8. The molecule has 4 aliphatic rings. The highest BCUT2D eigenvalue weighted by Crippen LogP contribution is 2.43. The van der Waals surface area contributed by atoms with Gasteiger partial charge in [0, 0.05) is 75.7 Å². The molecule has 4 aromatic rings. The number of likely N-dealkylation sites (tertiary alicyclic amines) is 2. The van der Waals surface area contributed by atoms with E-state index in [9.17, 15) is 53.1 Å². The van der Waals surface area contributed by atoms with Crippen LogP contribution in [0.2, 0.25) is 0 Å². The summed E-state index contributed by atoms with van der Waals surface area (Å²) in [6.07, 6.45) is -8.01. The van der Waals surface area contributed by atoms with Gasteiger partial charge in [-0.2, -0.15) is 45.2 Å². The molecule has 3 atom stereocenters. The van der Waals surface area contributed by atoms with E-state index in [1.54, 1.807) is 29.6 Å². The first-order valence-corrected chi connectivity index (χ1v) is 25.1. The smallest absolute Gasteiger partial charge is 0.372 e. The van der Waals surface area contributed by atoms with Gasteiger partial charge in [-0.3, -0.25) is 19.1 Å². The fraction of sp³-hybridized carbons (Fsp3) is 0.558. The summed E-state index contributed by atoms with van der Waals surface area (Å²) >= 11 is 0. The number of aromatic nitrogens is 4. The van der Waals surface area contributed by atoms with E-state index in [1.165, 1.54) is 48.5 Å². The van der Waals surface area contributed by atoms with Gasteiger partial charge < -0.3 is 10.0 Å². The zero-order chi connectivity index (χ0) is 46.8. The molecule has 0 saturated carbocycles. The Morgan fingerprint density at radius 3 is 1.97 bits per heavy atom. The maximum Gasteiger partial charge on any atom is 0.416 e. The van der Waals surface area contributed by atoms with E-state index < -0.39 is 79.3 Å². The molecular formula is C43H52F6N8O6S2. The molecule has 0 spiro atoms. The summed E-state index contributed by atoms with van der Waals surface area (Å²) in [6, 6.07) is 9.50. The third kappa shape index (κ3) is 9.35. The van der Waals surface area contributed by atoms with Crippen LogP contribution in [0.1, 0.15) is 118 Å². The first-order valence-electron chi connectivity index (χ1n) is 21.7. The summed E-state index contributed by atoms with van der Waals surface area (Å²) < 4.78 is 145. The van der Waals surface area contributed by atoms with Gasteiger partial charge in [0.15, 0.2) is 11.9 Å². The minimum Gasteiger partial charge on any atom is -0.372 e. The Bertz CT molecular complexity index is 2660. The van der Waals surface area contributed by atoms with E-state index in [0.29, 0.717) is 54.7 Å². The van der Waals surface area contributed by atoms with Crippen molar-refractivity contribution in [1.82, 2.24) is 38.0 Å². The average Bonchev–Trinajstić information content (AvgIpc) is 3.88. The van der Waals surface area contributed by atoms with Crippen LogP contribution in [-0.4, -0.2) is 110 Å². The third-order valence-electron chi connectivity index (χ3n) is 13.6. The van der Waals surface area contributed by atoms with E-state index in [-0.39, 0.29) is 81.2 Å². The number of carbonyl (C=O) groups excluding carboxylic acids is 1. The van der Waals surface area contributed by atoms with Crippen LogP contribution in [-0.2, 0) is 72.0 Å². The van der Waals surface area contributed by atoms with Gasteiger partial charge in [-0.15, -0.1) is 0 Å². The topological polar surface area (TPSA) is 154 Å². The highest BCUT2D eigenvalue weighted by Gasteiger charge is 2.44. The summed E-state index contributed by atoms with van der Waals surface area (Å²) in [6.45, 7) is 2.26. The number of sulfonamides is 2. The van der Waals surface area contributed by atoms with E-state index in [4.69, 9.17) is 0 Å². The highest BCUT2D eigenvalue weighted by atomic mass is 32.2. The monoisotopic (exact) mass is 954 g/mol. The SMILES string of the molecule is CCn1nc(C(=O)N2CCC(c3ccccc3C(F)(F)F)CC2CS(=O)(=O)N2CCCc3c(c(C(O)N4CCC(c5ccccc5C(F)(F)F)CC4)nn3C)C2)c2c1CN(S(C)(=O)=O)C2. The highest BCUT2D eigenvalue weighted by molar-refractivity contribution is 7.89. The van der Waals surface area contributed by atoms with Gasteiger partial charge in [-0.1, -0.05) is 36.4 Å². The fourth-order valence-corrected chi connectivity index (χ4v) is 12.7. The number of aliphatic hydroxyl groups excluding tert-OH is 1. The van der Waals surface area contributed by atoms with Gasteiger partial charge in [0.25, 0.3) is 5.91 Å². The Kier molecular flexibility index (Phi) is 12.8. The molecule has 22 heteroatoms. The molecule has 14 nitrogen and oxygen atoms in total. The van der Waals surface area contributed by atoms with Gasteiger partial charge in [-0.25, -0.2) is 16.8 Å². The number of halogens is 6. The predicted octanol–water partition coefficient (Wildman–Crippen LogP) is 5.99. The maximum atomic E-state index is 14.8. The van der Waals surface area contributed by atoms with Crippen molar-refractivity contribution in [2.75, 3.05) is 38.2 Å². The summed E-state index contributed by atoms with van der Waals surface area (Å²) in [5.41, 5.74) is 0.969. The fourth-order valence-electron chi connectivity index (χ4n) is 10.3. The average molecular weight is 955 g/mol. The van der Waals surface area contributed by atoms with Crippen LogP contribution >= 0.6 is 0 Å². The maximum absolute atomic E-state index is 14.8. The molecule has 0 bridgehead atoms. The number of hydrogen-bond donors (Lipinski definition) is 1. The molecule has 3 unspecified atom stereocenters. The molecule has 2 aromatic carbocycles. The van der Waals surface area contributed by atoms with E-state index in [2.05, 4.69) is 10.2 Å². The Morgan fingerprint density at radius 1 is 0.785 bits per heavy atom. The number of alkyl halides is 6. The number of hydrogen-bond acceptors (Lipinski definition) is 9. The van der Waals surface area contributed by atoms with Crippen molar-refractivity contribution < 1.29 is 53.1 Å². The molecule has 0 radical (unpaired) electrons. The number of fused-ring (bicyclic) bond motifs is 2. The number of amides is 1. The van der Waals surface area contributed by atoms with Crippen molar-refractivity contribution in [3.8, 4) is 0 Å². The van der Waals surface area contributed by atoms with Crippen molar-refractivity contribution in [2.45, 2.75) is 108 Å². The first kappa shape index (κ1) is 47.2. The summed E-state index contributed by atoms with van der Waals surface area (Å²) in [5.74, 6) is -2.45. The summed E-state index contributed by atoms with van der Waals surface area (Å²) in [7, 11) is -6.28. The Balaban J connectivity index is 1.06. The quantitative estimate of drug-likeness (QED) is 0.189. The number of benzene rings is 2. The minimum absolute atomic E-state index is 0.00329. The van der Waals surface area contributed by atoms with Crippen molar-refractivity contribution in [3.63, 3.8) is 0 Å². The molecule has 4 aliphatic heterocycles. The number of piperidine rings is 2. The normalized spacial score (nSPS) is 21.6. The van der Waals surface area contributed by atoms with E-state index >= 15 is 0 Å². The lowest BCUT2D eigenvalue weighted by molar-refractivity contribution is -0.139. The Labute approximate surface area is 373 Å². The number of aliphatic hydroxyl groups is 1. The molecule has 1 N–H and O–H groups in total. The van der Waals surface area contributed by atoms with Crippen molar-refractivity contribution in [1.29, 1.82) is 0 Å². The minimum atomic E-state index is -4.69. The summed E-state index contributed by atoms with van der Waals surface area (Å²) in [5, 5.41) is 21.0. The lowest BCUT2D eigenvalue weighted by atomic mass is 9.83. The number of carbonyl (C=O) groups is 1. The van der Waals surface area contributed by atoms with Crippen LogP contribution in [0.25, 0.3) is 0 Å². The first-order chi connectivity index (χ1) is 30.6. The van der Waals surface area contributed by atoms with Crippen LogP contribution < -0.4 is 0 Å². The Morgan fingerprint density at radius 2 is 1.37 bits per heavy atom. The van der Waals surface area contributed by atoms with Crippen molar-refractivity contribution in [3.05, 3.63) is 105 Å². The van der Waals surface area contributed by atoms with E-state index in [0.717, 1.165) is 18.4 Å². The Hall–Kier alpha value is -4.35. The van der Waals surface area contributed by atoms with Crippen LogP contribution in [0.5, 0.6) is 0 Å². The lowest BCUT2D eigenvalue weighted by Crippen LogP contribution is -2.51. The zero-order valence-corrected chi connectivity index (χ0v) is 37.8. The van der Waals surface area contributed by atoms with Gasteiger partial charge in [0.05, 0.1) is 35.4 Å². The molecule has 6 heterocycles. The second-order valence-corrected chi connectivity index (χ2v) is 21.5. The second-order valence-electron chi connectivity index (χ2n) is 17.5. The molecule has 65 heavy (non-hydrogen) atoms. The molecule has 354 valence electrons. The molecule has 8 rings (SSSR count). The van der Waals surface area contributed by atoms with Crippen LogP contribution in [0.4, 0.5) is 26.3 Å². The van der Waals surface area contributed by atoms with Gasteiger partial charge in [0.1, 0.15) is 5.69 Å². The standard InChI is InChI=1S/C43H52F6N8O6S2/c1-4-57-37-25-55(64(3,60)61)24-33(37)39(51-57)41(59)56-21-17-28(31-11-6-8-13-35(31)43(47,48)49)22-29(56)26-65(62,63)54-18-9-14-36-32(23-54)38(50-52(36)2)40(58)53-19-15-27(16-20-53)30-10-5-7-12-34(30)42(44,45)46/h5-8,10-13,27-29,40,58H,4,9,14-26H2,1-3H3. The molecule has 1 amide bonds.